The number of H-pyrrole nitrogens is 1. The number of pyridine rings is 1. The van der Waals surface area contributed by atoms with Crippen molar-refractivity contribution in [1.29, 1.82) is 0 Å². The summed E-state index contributed by atoms with van der Waals surface area (Å²) < 4.78 is 53.6. The summed E-state index contributed by atoms with van der Waals surface area (Å²) in [7, 11) is 0. The van der Waals surface area contributed by atoms with Gasteiger partial charge in [0, 0.05) is 34.6 Å². The summed E-state index contributed by atoms with van der Waals surface area (Å²) in [4.78, 5) is 28.4. The second-order valence-electron chi connectivity index (χ2n) is 7.71. The van der Waals surface area contributed by atoms with Crippen LogP contribution in [-0.4, -0.2) is 25.8 Å². The third kappa shape index (κ3) is 4.58. The van der Waals surface area contributed by atoms with E-state index >= 15 is 0 Å². The highest BCUT2D eigenvalue weighted by Gasteiger charge is 2.31. The molecule has 2 aromatic carbocycles. The van der Waals surface area contributed by atoms with Crippen LogP contribution in [0.25, 0.3) is 22.3 Å². The van der Waals surface area contributed by atoms with Crippen molar-refractivity contribution >= 4 is 34.1 Å². The molecule has 3 aromatic heterocycles. The van der Waals surface area contributed by atoms with Gasteiger partial charge in [-0.15, -0.1) is 0 Å². The van der Waals surface area contributed by atoms with E-state index in [0.717, 1.165) is 29.7 Å². The average Bonchev–Trinajstić information content (AvgIpc) is 3.35. The number of carbonyl (C=O) groups is 1. The average molecular weight is 492 g/mol. The van der Waals surface area contributed by atoms with Crippen LogP contribution in [0, 0.1) is 5.82 Å². The minimum Gasteiger partial charge on any atom is -0.346 e. The lowest BCUT2D eigenvalue weighted by Gasteiger charge is -2.14. The molecule has 180 valence electrons. The molecule has 3 heterocycles. The Morgan fingerprint density at radius 2 is 1.81 bits per heavy atom. The molecular weight excluding hydrogens is 476 g/mol. The van der Waals surface area contributed by atoms with Gasteiger partial charge in [0.05, 0.1) is 16.9 Å². The summed E-state index contributed by atoms with van der Waals surface area (Å²) >= 11 is 0. The summed E-state index contributed by atoms with van der Waals surface area (Å²) in [6.45, 7) is 0. The smallest absolute Gasteiger partial charge is 0.346 e. The number of benzene rings is 2. The van der Waals surface area contributed by atoms with Crippen molar-refractivity contribution in [2.75, 3.05) is 10.6 Å². The van der Waals surface area contributed by atoms with Crippen molar-refractivity contribution < 1.29 is 22.4 Å². The molecule has 0 atom stereocenters. The van der Waals surface area contributed by atoms with Gasteiger partial charge in [-0.1, -0.05) is 6.07 Å². The molecule has 1 amide bonds. The van der Waals surface area contributed by atoms with Crippen molar-refractivity contribution in [2.45, 2.75) is 6.18 Å². The molecule has 7 nitrogen and oxygen atoms in total. The van der Waals surface area contributed by atoms with E-state index in [1.807, 2.05) is 6.07 Å². The van der Waals surface area contributed by atoms with Gasteiger partial charge < -0.3 is 15.6 Å². The van der Waals surface area contributed by atoms with E-state index in [4.69, 9.17) is 0 Å². The second kappa shape index (κ2) is 9.10. The largest absolute Gasteiger partial charge is 0.416 e. The van der Waals surface area contributed by atoms with Gasteiger partial charge in [0.1, 0.15) is 23.6 Å². The van der Waals surface area contributed by atoms with Gasteiger partial charge >= 0.3 is 6.18 Å². The quantitative estimate of drug-likeness (QED) is 0.255. The van der Waals surface area contributed by atoms with Crippen LogP contribution in [0.4, 0.5) is 34.8 Å². The molecule has 0 aliphatic rings. The van der Waals surface area contributed by atoms with Crippen molar-refractivity contribution in [3.8, 4) is 11.3 Å². The molecule has 5 rings (SSSR count). The van der Waals surface area contributed by atoms with E-state index in [9.17, 15) is 22.4 Å². The molecule has 0 bridgehead atoms. The molecule has 5 aromatic rings. The number of carbonyl (C=O) groups excluding carboxylic acids is 1. The predicted molar refractivity (Wildman–Crippen MR) is 126 cm³/mol. The number of aromatic nitrogens is 4. The van der Waals surface area contributed by atoms with Crippen LogP contribution < -0.4 is 10.6 Å². The number of anilines is 3. The summed E-state index contributed by atoms with van der Waals surface area (Å²) in [5, 5.41) is 6.17. The van der Waals surface area contributed by atoms with Crippen molar-refractivity contribution in [3.05, 3.63) is 96.3 Å². The van der Waals surface area contributed by atoms with Gasteiger partial charge in [-0.25, -0.2) is 19.3 Å². The van der Waals surface area contributed by atoms with Gasteiger partial charge in [-0.3, -0.25) is 4.79 Å². The number of aromatic amines is 1. The summed E-state index contributed by atoms with van der Waals surface area (Å²) in [6, 6.07) is 13.1. The molecule has 0 fully saturated rings. The highest BCUT2D eigenvalue weighted by molar-refractivity contribution is 6.04. The van der Waals surface area contributed by atoms with Crippen LogP contribution in [-0.2, 0) is 6.18 Å². The first-order valence-electron chi connectivity index (χ1n) is 10.6. The molecule has 0 radical (unpaired) electrons. The lowest BCUT2D eigenvalue weighted by Crippen LogP contribution is -2.14. The minimum absolute atomic E-state index is 0.00355. The first-order valence-corrected chi connectivity index (χ1v) is 10.6. The zero-order chi connectivity index (χ0) is 25.3. The van der Waals surface area contributed by atoms with Crippen LogP contribution in [0.2, 0.25) is 0 Å². The fourth-order valence-electron chi connectivity index (χ4n) is 3.65. The molecule has 0 aliphatic carbocycles. The standard InChI is InChI=1S/C25H16F4N6O/c26-19-7-6-16(34-24(36)14-3-1-4-15(11-14)25(27,28)29)12-20(19)35-23-17(5-2-9-30-23)21-18-8-10-31-22(18)33-13-32-21/h1-13H,(H,30,35)(H,34,36)(H,31,32,33). The lowest BCUT2D eigenvalue weighted by atomic mass is 10.1. The topological polar surface area (TPSA) is 95.6 Å². The van der Waals surface area contributed by atoms with Gasteiger partial charge in [0.15, 0.2) is 0 Å². The summed E-state index contributed by atoms with van der Waals surface area (Å²) in [5.74, 6) is -1.09. The van der Waals surface area contributed by atoms with E-state index in [1.165, 1.54) is 30.7 Å². The van der Waals surface area contributed by atoms with Crippen molar-refractivity contribution in [3.63, 3.8) is 0 Å². The van der Waals surface area contributed by atoms with Crippen LogP contribution in [0.5, 0.6) is 0 Å². The van der Waals surface area contributed by atoms with E-state index in [0.29, 0.717) is 22.7 Å². The molecular formula is C25H16F4N6O. The monoisotopic (exact) mass is 492 g/mol. The number of fused-ring (bicyclic) bond motifs is 1. The van der Waals surface area contributed by atoms with Crippen LogP contribution in [0.1, 0.15) is 15.9 Å². The molecule has 0 spiro atoms. The van der Waals surface area contributed by atoms with E-state index in [1.54, 1.807) is 18.3 Å². The van der Waals surface area contributed by atoms with E-state index in [-0.39, 0.29) is 16.9 Å². The normalized spacial score (nSPS) is 11.4. The van der Waals surface area contributed by atoms with Crippen LogP contribution >= 0.6 is 0 Å². The fraction of sp³-hybridized carbons (Fsp3) is 0.0400. The Hall–Kier alpha value is -4.80. The maximum atomic E-state index is 14.7. The van der Waals surface area contributed by atoms with Crippen molar-refractivity contribution in [2.24, 2.45) is 0 Å². The maximum absolute atomic E-state index is 14.7. The van der Waals surface area contributed by atoms with E-state index in [2.05, 4.69) is 30.6 Å². The molecule has 3 N–H and O–H groups in total. The number of nitrogens with one attached hydrogen (secondary N) is 3. The molecule has 11 heteroatoms. The lowest BCUT2D eigenvalue weighted by molar-refractivity contribution is -0.137. The Morgan fingerprint density at radius 3 is 2.64 bits per heavy atom. The number of rotatable bonds is 5. The molecule has 36 heavy (non-hydrogen) atoms. The van der Waals surface area contributed by atoms with Gasteiger partial charge in [-0.05, 0) is 54.6 Å². The Labute approximate surface area is 201 Å². The molecule has 0 aliphatic heterocycles. The first-order chi connectivity index (χ1) is 17.3. The zero-order valence-electron chi connectivity index (χ0n) is 18.3. The maximum Gasteiger partial charge on any atom is 0.416 e. The Balaban J connectivity index is 1.43. The van der Waals surface area contributed by atoms with Gasteiger partial charge in [-0.2, -0.15) is 13.2 Å². The number of hydrogen-bond acceptors (Lipinski definition) is 5. The summed E-state index contributed by atoms with van der Waals surface area (Å²) in [5.41, 5.74) is 0.828. The van der Waals surface area contributed by atoms with Gasteiger partial charge in [0.25, 0.3) is 5.91 Å². The highest BCUT2D eigenvalue weighted by atomic mass is 19.4. The Bertz CT molecular complexity index is 1580. The number of hydrogen-bond donors (Lipinski definition) is 3. The molecule has 0 saturated carbocycles. The number of nitrogens with zero attached hydrogens (tertiary/aromatic N) is 3. The second-order valence-corrected chi connectivity index (χ2v) is 7.71. The number of amides is 1. The highest BCUT2D eigenvalue weighted by Crippen LogP contribution is 2.33. The minimum atomic E-state index is -4.58. The Morgan fingerprint density at radius 1 is 0.944 bits per heavy atom. The SMILES string of the molecule is O=C(Nc1ccc(F)c(Nc2ncccc2-c2ncnc3[nH]ccc23)c1)c1cccc(C(F)(F)F)c1. The third-order valence-corrected chi connectivity index (χ3v) is 5.35. The van der Waals surface area contributed by atoms with Crippen LogP contribution in [0.15, 0.2) is 79.4 Å². The first kappa shape index (κ1) is 23.0. The zero-order valence-corrected chi connectivity index (χ0v) is 18.3. The van der Waals surface area contributed by atoms with Crippen LogP contribution in [0.3, 0.4) is 0 Å². The van der Waals surface area contributed by atoms with Crippen molar-refractivity contribution in [1.82, 2.24) is 19.9 Å². The summed E-state index contributed by atoms with van der Waals surface area (Å²) in [6.07, 6.45) is 0.0653. The number of alkyl halides is 3. The fourth-order valence-corrected chi connectivity index (χ4v) is 3.65. The number of halogens is 4. The molecule has 0 saturated heterocycles. The third-order valence-electron chi connectivity index (χ3n) is 5.35. The predicted octanol–water partition coefficient (Wildman–Crippen LogP) is 6.17. The van der Waals surface area contributed by atoms with Gasteiger partial charge in [0.2, 0.25) is 0 Å². The van der Waals surface area contributed by atoms with E-state index < -0.39 is 23.5 Å². The Kier molecular flexibility index (Phi) is 5.80. The molecule has 0 unspecified atom stereocenters.